The van der Waals surface area contributed by atoms with Gasteiger partial charge in [0, 0.05) is 19.6 Å². The summed E-state index contributed by atoms with van der Waals surface area (Å²) in [6.07, 6.45) is 5.02. The highest BCUT2D eigenvalue weighted by atomic mass is 35.5. The van der Waals surface area contributed by atoms with Gasteiger partial charge in [0.05, 0.1) is 21.7 Å². The van der Waals surface area contributed by atoms with E-state index >= 15 is 0 Å². The molecule has 9 heteroatoms. The summed E-state index contributed by atoms with van der Waals surface area (Å²) in [5, 5.41) is 0.250. The molecule has 2 aliphatic rings. The summed E-state index contributed by atoms with van der Waals surface area (Å²) in [5.41, 5.74) is 0.526. The zero-order chi connectivity index (χ0) is 25.0. The largest absolute Gasteiger partial charge is 0.488 e. The van der Waals surface area contributed by atoms with Gasteiger partial charge in [-0.15, -0.1) is 0 Å². The van der Waals surface area contributed by atoms with Crippen LogP contribution in [0.3, 0.4) is 0 Å². The van der Waals surface area contributed by atoms with Crippen molar-refractivity contribution in [3.8, 4) is 5.75 Å². The molecule has 4 rings (SSSR count). The predicted octanol–water partition coefficient (Wildman–Crippen LogP) is 6.02. The van der Waals surface area contributed by atoms with Crippen molar-refractivity contribution in [3.05, 3.63) is 58.1 Å². The molecule has 35 heavy (non-hydrogen) atoms. The van der Waals surface area contributed by atoms with Crippen LogP contribution in [0.15, 0.2) is 47.4 Å². The van der Waals surface area contributed by atoms with Crippen LogP contribution < -0.4 is 4.74 Å². The minimum absolute atomic E-state index is 0.0197. The third-order valence-corrected chi connectivity index (χ3v) is 9.67. The van der Waals surface area contributed by atoms with Crippen LogP contribution in [0.2, 0.25) is 10.0 Å². The first-order chi connectivity index (χ1) is 16.8. The number of hydrogen-bond acceptors (Lipinski definition) is 4. The van der Waals surface area contributed by atoms with Crippen LogP contribution in [-0.2, 0) is 10.0 Å². The molecule has 0 aromatic heterocycles. The fourth-order valence-electron chi connectivity index (χ4n) is 5.05. The maximum atomic E-state index is 14.0. The molecule has 190 valence electrons. The van der Waals surface area contributed by atoms with Gasteiger partial charge in [-0.1, -0.05) is 54.7 Å². The number of fused-ring (bicyclic) bond motifs is 2. The van der Waals surface area contributed by atoms with Gasteiger partial charge in [-0.25, -0.2) is 8.42 Å². The van der Waals surface area contributed by atoms with Crippen molar-refractivity contribution in [2.45, 2.75) is 68.9 Å². The lowest BCUT2D eigenvalue weighted by Gasteiger charge is -2.40. The van der Waals surface area contributed by atoms with E-state index in [9.17, 15) is 13.2 Å². The second-order valence-corrected chi connectivity index (χ2v) is 11.8. The number of hydrogen-bond donors (Lipinski definition) is 0. The highest BCUT2D eigenvalue weighted by Crippen LogP contribution is 2.36. The first-order valence-corrected chi connectivity index (χ1v) is 14.5. The molecule has 1 saturated carbocycles. The van der Waals surface area contributed by atoms with Crippen LogP contribution in [-0.4, -0.2) is 55.3 Å². The zero-order valence-corrected chi connectivity index (χ0v) is 22.3. The fourth-order valence-corrected chi connectivity index (χ4v) is 7.51. The van der Waals surface area contributed by atoms with E-state index in [0.717, 1.165) is 19.3 Å². The molecule has 0 unspecified atom stereocenters. The molecule has 1 aliphatic heterocycles. The standard InChI is InChI=1S/C26H32Cl2N2O4S/c1-2-16-29-17-7-8-18-30(35(32,33)24-15-9-11-20(27)25(24)28)21-12-4-6-14-23(21)34-22-13-5-3-10-19(22)26(29)31/h3,5,9-11,13,15,21,23H,2,4,6-8,12,14,16-18H2,1H3/t21-,23+/m1/s1. The van der Waals surface area contributed by atoms with E-state index in [1.807, 2.05) is 30.0 Å². The highest BCUT2D eigenvalue weighted by Gasteiger charge is 2.40. The van der Waals surface area contributed by atoms with Crippen LogP contribution in [0.4, 0.5) is 0 Å². The van der Waals surface area contributed by atoms with E-state index in [1.165, 1.54) is 6.07 Å². The van der Waals surface area contributed by atoms with Gasteiger partial charge < -0.3 is 9.64 Å². The number of carbonyl (C=O) groups is 1. The second-order valence-electron chi connectivity index (χ2n) is 9.17. The Morgan fingerprint density at radius 1 is 0.971 bits per heavy atom. The summed E-state index contributed by atoms with van der Waals surface area (Å²) in [6, 6.07) is 11.6. The van der Waals surface area contributed by atoms with Crippen LogP contribution in [0.1, 0.15) is 62.2 Å². The normalized spacial score (nSPS) is 22.4. The van der Waals surface area contributed by atoms with Gasteiger partial charge in [-0.05, 0) is 62.8 Å². The number of nitrogens with zero attached hydrogens (tertiary/aromatic N) is 2. The number of rotatable bonds is 4. The van der Waals surface area contributed by atoms with Gasteiger partial charge in [0.15, 0.2) is 0 Å². The first kappa shape index (κ1) is 26.3. The topological polar surface area (TPSA) is 66.9 Å². The molecule has 1 fully saturated rings. The molecule has 1 heterocycles. The Labute approximate surface area is 218 Å². The average molecular weight is 540 g/mol. The van der Waals surface area contributed by atoms with Gasteiger partial charge in [0.2, 0.25) is 10.0 Å². The Hall–Kier alpha value is -1.80. The molecular weight excluding hydrogens is 507 g/mol. The fraction of sp³-hybridized carbons (Fsp3) is 0.500. The van der Waals surface area contributed by atoms with Crippen molar-refractivity contribution in [1.82, 2.24) is 9.21 Å². The van der Waals surface area contributed by atoms with Crippen molar-refractivity contribution in [1.29, 1.82) is 0 Å². The molecule has 1 aliphatic carbocycles. The van der Waals surface area contributed by atoms with E-state index in [2.05, 4.69) is 0 Å². The van der Waals surface area contributed by atoms with E-state index in [-0.39, 0.29) is 33.0 Å². The van der Waals surface area contributed by atoms with Gasteiger partial charge in [0.1, 0.15) is 16.7 Å². The number of sulfonamides is 1. The van der Waals surface area contributed by atoms with Crippen LogP contribution >= 0.6 is 23.2 Å². The van der Waals surface area contributed by atoms with Crippen molar-refractivity contribution in [2.24, 2.45) is 0 Å². The first-order valence-electron chi connectivity index (χ1n) is 12.4. The lowest BCUT2D eigenvalue weighted by atomic mass is 9.92. The Morgan fingerprint density at radius 2 is 1.71 bits per heavy atom. The van der Waals surface area contributed by atoms with Crippen molar-refractivity contribution in [2.75, 3.05) is 19.6 Å². The molecule has 0 saturated heterocycles. The van der Waals surface area contributed by atoms with E-state index in [4.69, 9.17) is 27.9 Å². The number of halogens is 2. The van der Waals surface area contributed by atoms with Gasteiger partial charge >= 0.3 is 0 Å². The molecule has 0 spiro atoms. The molecular formula is C26H32Cl2N2O4S. The van der Waals surface area contributed by atoms with Gasteiger partial charge in [0.25, 0.3) is 5.91 Å². The molecule has 2 aromatic carbocycles. The second kappa shape index (κ2) is 11.5. The minimum Gasteiger partial charge on any atom is -0.488 e. The van der Waals surface area contributed by atoms with Gasteiger partial charge in [-0.3, -0.25) is 4.79 Å². The lowest BCUT2D eigenvalue weighted by molar-refractivity contribution is 0.0636. The van der Waals surface area contributed by atoms with Crippen molar-refractivity contribution < 1.29 is 17.9 Å². The number of benzene rings is 2. The number of amides is 1. The highest BCUT2D eigenvalue weighted by molar-refractivity contribution is 7.89. The Morgan fingerprint density at radius 3 is 2.51 bits per heavy atom. The molecule has 6 nitrogen and oxygen atoms in total. The van der Waals surface area contributed by atoms with Crippen molar-refractivity contribution in [3.63, 3.8) is 0 Å². The zero-order valence-electron chi connectivity index (χ0n) is 20.0. The van der Waals surface area contributed by atoms with Crippen molar-refractivity contribution >= 4 is 39.1 Å². The summed E-state index contributed by atoms with van der Waals surface area (Å²) >= 11 is 12.6. The monoisotopic (exact) mass is 538 g/mol. The average Bonchev–Trinajstić information content (AvgIpc) is 2.84. The van der Waals surface area contributed by atoms with Crippen LogP contribution in [0.5, 0.6) is 5.75 Å². The lowest BCUT2D eigenvalue weighted by Crippen LogP contribution is -2.51. The Kier molecular flexibility index (Phi) is 8.63. The number of para-hydroxylation sites is 1. The Balaban J connectivity index is 1.77. The molecule has 2 aromatic rings. The third-order valence-electron chi connectivity index (χ3n) is 6.77. The number of carbonyl (C=O) groups excluding carboxylic acids is 1. The maximum absolute atomic E-state index is 14.0. The SMILES string of the molecule is CCCN1CCCCN(S(=O)(=O)c2cccc(Cl)c2Cl)[C@@H]2CCCC[C@@H]2Oc2ccccc2C1=O. The summed E-state index contributed by atoms with van der Waals surface area (Å²) in [4.78, 5) is 15.3. The molecule has 1 amide bonds. The molecule has 0 bridgehead atoms. The summed E-state index contributed by atoms with van der Waals surface area (Å²) in [7, 11) is -3.93. The molecule has 2 atom stereocenters. The van der Waals surface area contributed by atoms with E-state index in [0.29, 0.717) is 56.6 Å². The predicted molar refractivity (Wildman–Crippen MR) is 139 cm³/mol. The number of ether oxygens (including phenoxy) is 1. The summed E-state index contributed by atoms with van der Waals surface area (Å²) in [5.74, 6) is 0.472. The van der Waals surface area contributed by atoms with E-state index < -0.39 is 10.0 Å². The van der Waals surface area contributed by atoms with Crippen LogP contribution in [0.25, 0.3) is 0 Å². The molecule has 0 radical (unpaired) electrons. The minimum atomic E-state index is -3.93. The van der Waals surface area contributed by atoms with E-state index in [1.54, 1.807) is 22.5 Å². The van der Waals surface area contributed by atoms with Crippen LogP contribution in [0, 0.1) is 0 Å². The third kappa shape index (κ3) is 5.63. The summed E-state index contributed by atoms with van der Waals surface area (Å²) in [6.45, 7) is 3.56. The molecule has 0 N–H and O–H groups in total. The smallest absolute Gasteiger partial charge is 0.257 e. The summed E-state index contributed by atoms with van der Waals surface area (Å²) < 4.78 is 36.0. The maximum Gasteiger partial charge on any atom is 0.257 e. The quantitative estimate of drug-likeness (QED) is 0.477. The van der Waals surface area contributed by atoms with Gasteiger partial charge in [-0.2, -0.15) is 4.31 Å². The Bertz CT molecular complexity index is 1160.